The Hall–Kier alpha value is -3.24. The molecule has 2 aliphatic heterocycles. The van der Waals surface area contributed by atoms with Crippen LogP contribution in [-0.4, -0.2) is 72.2 Å². The zero-order valence-electron chi connectivity index (χ0n) is 19.1. The molecule has 0 saturated carbocycles. The van der Waals surface area contributed by atoms with Crippen LogP contribution in [0.3, 0.4) is 0 Å². The van der Waals surface area contributed by atoms with E-state index in [2.05, 4.69) is 22.5 Å². The molecule has 0 radical (unpaired) electrons. The average Bonchev–Trinajstić information content (AvgIpc) is 2.79. The van der Waals surface area contributed by atoms with Gasteiger partial charge in [-0.2, -0.15) is 0 Å². The van der Waals surface area contributed by atoms with Gasteiger partial charge in [0.15, 0.2) is 5.82 Å². The minimum absolute atomic E-state index is 0.206. The summed E-state index contributed by atoms with van der Waals surface area (Å²) in [5, 5.41) is 5.51. The van der Waals surface area contributed by atoms with Gasteiger partial charge in [-0.3, -0.25) is 9.69 Å². The number of hydrogen-bond acceptors (Lipinski definition) is 7. The van der Waals surface area contributed by atoms with E-state index in [4.69, 9.17) is 20.4 Å². The number of primary amides is 1. The summed E-state index contributed by atoms with van der Waals surface area (Å²) in [5.41, 5.74) is 9.02. The maximum Gasteiger partial charge on any atom is 0.319 e. The minimum Gasteiger partial charge on any atom is -0.377 e. The second kappa shape index (κ2) is 10.1. The number of rotatable bonds is 6. The molecule has 0 bridgehead atoms. The number of urea groups is 1. The summed E-state index contributed by atoms with van der Waals surface area (Å²) < 4.78 is 5.63. The van der Waals surface area contributed by atoms with Crippen LogP contribution in [0.15, 0.2) is 24.3 Å². The SMILES string of the molecule is CCNC(=O)Nc1ccc(-c2nc3c(c(N4CCOCC4C)n2)CCN(CC(N)=O)C3)cc1. The Kier molecular flexibility index (Phi) is 7.05. The fourth-order valence-electron chi connectivity index (χ4n) is 4.27. The topological polar surface area (TPSA) is 126 Å². The minimum atomic E-state index is -0.343. The molecule has 4 rings (SSSR count). The summed E-state index contributed by atoms with van der Waals surface area (Å²) >= 11 is 0. The Labute approximate surface area is 193 Å². The second-order valence-corrected chi connectivity index (χ2v) is 8.40. The number of aromatic nitrogens is 2. The van der Waals surface area contributed by atoms with Gasteiger partial charge in [-0.15, -0.1) is 0 Å². The standard InChI is InChI=1S/C23H31N7O3/c1-3-25-23(32)26-17-6-4-16(5-7-17)21-27-19-12-29(13-20(24)31)9-8-18(19)22(28-21)30-10-11-33-14-15(30)2/h4-7,15H,3,8-14H2,1-2H3,(H2,24,31)(H2,25,26,32). The first kappa shape index (κ1) is 22.9. The number of anilines is 2. The van der Waals surface area contributed by atoms with Crippen LogP contribution in [0.2, 0.25) is 0 Å². The van der Waals surface area contributed by atoms with Crippen LogP contribution in [0.5, 0.6) is 0 Å². The van der Waals surface area contributed by atoms with Crippen molar-refractivity contribution in [2.24, 2.45) is 5.73 Å². The Bertz CT molecular complexity index is 1010. The van der Waals surface area contributed by atoms with Gasteiger partial charge in [0.05, 0.1) is 31.5 Å². The third-order valence-corrected chi connectivity index (χ3v) is 5.88. The van der Waals surface area contributed by atoms with Gasteiger partial charge in [0.2, 0.25) is 5.91 Å². The molecule has 1 unspecified atom stereocenters. The molecular weight excluding hydrogens is 422 g/mol. The number of fused-ring (bicyclic) bond motifs is 1. The van der Waals surface area contributed by atoms with Crippen LogP contribution in [0.4, 0.5) is 16.3 Å². The lowest BCUT2D eigenvalue weighted by molar-refractivity contribution is -0.119. The van der Waals surface area contributed by atoms with Crippen LogP contribution in [0.25, 0.3) is 11.4 Å². The summed E-state index contributed by atoms with van der Waals surface area (Å²) in [5.74, 6) is 1.21. The highest BCUT2D eigenvalue weighted by atomic mass is 16.5. The van der Waals surface area contributed by atoms with E-state index in [1.807, 2.05) is 36.1 Å². The largest absolute Gasteiger partial charge is 0.377 e. The van der Waals surface area contributed by atoms with E-state index in [-0.39, 0.29) is 24.5 Å². The number of nitrogens with zero attached hydrogens (tertiary/aromatic N) is 4. The van der Waals surface area contributed by atoms with E-state index in [1.54, 1.807) is 0 Å². The van der Waals surface area contributed by atoms with Gasteiger partial charge in [0.1, 0.15) is 5.82 Å². The summed E-state index contributed by atoms with van der Waals surface area (Å²) in [6.07, 6.45) is 0.762. The van der Waals surface area contributed by atoms with Crippen molar-refractivity contribution in [1.82, 2.24) is 20.2 Å². The van der Waals surface area contributed by atoms with Crippen LogP contribution in [-0.2, 0) is 22.5 Å². The Morgan fingerprint density at radius 3 is 2.70 bits per heavy atom. The highest BCUT2D eigenvalue weighted by Crippen LogP contribution is 2.31. The molecule has 176 valence electrons. The number of carbonyl (C=O) groups is 2. The quantitative estimate of drug-likeness (QED) is 0.603. The number of amides is 3. The van der Waals surface area contributed by atoms with Gasteiger partial charge in [-0.25, -0.2) is 14.8 Å². The molecule has 0 aliphatic carbocycles. The number of morpholine rings is 1. The molecule has 33 heavy (non-hydrogen) atoms. The molecule has 2 aromatic rings. The molecule has 1 atom stereocenters. The Morgan fingerprint density at radius 1 is 1.21 bits per heavy atom. The van der Waals surface area contributed by atoms with E-state index in [0.29, 0.717) is 37.8 Å². The zero-order valence-corrected chi connectivity index (χ0v) is 19.1. The molecule has 3 heterocycles. The summed E-state index contributed by atoms with van der Waals surface area (Å²) in [6, 6.07) is 7.44. The summed E-state index contributed by atoms with van der Waals surface area (Å²) in [6.45, 7) is 8.15. The predicted molar refractivity (Wildman–Crippen MR) is 126 cm³/mol. The Balaban J connectivity index is 1.67. The summed E-state index contributed by atoms with van der Waals surface area (Å²) in [7, 11) is 0. The molecule has 1 aromatic heterocycles. The van der Waals surface area contributed by atoms with E-state index in [1.165, 1.54) is 0 Å². The smallest absolute Gasteiger partial charge is 0.319 e. The number of ether oxygens (including phenoxy) is 1. The van der Waals surface area contributed by atoms with Crippen molar-refractivity contribution in [1.29, 1.82) is 0 Å². The number of hydrogen-bond donors (Lipinski definition) is 3. The monoisotopic (exact) mass is 453 g/mol. The molecular formula is C23H31N7O3. The van der Waals surface area contributed by atoms with Gasteiger partial charge in [0, 0.05) is 43.0 Å². The van der Waals surface area contributed by atoms with E-state index < -0.39 is 0 Å². The van der Waals surface area contributed by atoms with Gasteiger partial charge < -0.3 is 26.0 Å². The van der Waals surface area contributed by atoms with Crippen molar-refractivity contribution < 1.29 is 14.3 Å². The number of nitrogens with two attached hydrogens (primary N) is 1. The molecule has 1 fully saturated rings. The lowest BCUT2D eigenvalue weighted by Crippen LogP contribution is -2.46. The van der Waals surface area contributed by atoms with Crippen LogP contribution in [0.1, 0.15) is 25.1 Å². The van der Waals surface area contributed by atoms with Crippen molar-refractivity contribution >= 4 is 23.4 Å². The molecule has 0 spiro atoms. The van der Waals surface area contributed by atoms with Crippen LogP contribution < -0.4 is 21.3 Å². The van der Waals surface area contributed by atoms with Crippen molar-refractivity contribution in [3.8, 4) is 11.4 Å². The Morgan fingerprint density at radius 2 is 2.00 bits per heavy atom. The molecule has 1 saturated heterocycles. The van der Waals surface area contributed by atoms with Crippen molar-refractivity contribution in [3.05, 3.63) is 35.5 Å². The number of benzene rings is 1. The zero-order chi connectivity index (χ0) is 23.4. The van der Waals surface area contributed by atoms with Crippen LogP contribution in [0, 0.1) is 0 Å². The first-order valence-corrected chi connectivity index (χ1v) is 11.3. The average molecular weight is 454 g/mol. The highest BCUT2D eigenvalue weighted by Gasteiger charge is 2.29. The van der Waals surface area contributed by atoms with Crippen molar-refractivity contribution in [2.45, 2.75) is 32.9 Å². The first-order chi connectivity index (χ1) is 15.9. The maximum atomic E-state index is 11.8. The van der Waals surface area contributed by atoms with Gasteiger partial charge in [-0.1, -0.05) is 0 Å². The molecule has 1 aromatic carbocycles. The maximum absolute atomic E-state index is 11.8. The summed E-state index contributed by atoms with van der Waals surface area (Å²) in [4.78, 5) is 37.4. The number of carbonyl (C=O) groups excluding carboxylic acids is 2. The van der Waals surface area contributed by atoms with Gasteiger partial charge >= 0.3 is 6.03 Å². The third-order valence-electron chi connectivity index (χ3n) is 5.88. The normalized spacial score (nSPS) is 18.5. The van der Waals surface area contributed by atoms with Gasteiger partial charge in [-0.05, 0) is 44.5 Å². The van der Waals surface area contributed by atoms with E-state index in [9.17, 15) is 9.59 Å². The van der Waals surface area contributed by atoms with E-state index >= 15 is 0 Å². The second-order valence-electron chi connectivity index (χ2n) is 8.40. The third kappa shape index (κ3) is 5.40. The predicted octanol–water partition coefficient (Wildman–Crippen LogP) is 1.35. The molecule has 10 nitrogen and oxygen atoms in total. The van der Waals surface area contributed by atoms with Crippen LogP contribution >= 0.6 is 0 Å². The van der Waals surface area contributed by atoms with Gasteiger partial charge in [0.25, 0.3) is 0 Å². The molecule has 4 N–H and O–H groups in total. The lowest BCUT2D eigenvalue weighted by atomic mass is 10.0. The molecule has 3 amide bonds. The van der Waals surface area contributed by atoms with E-state index in [0.717, 1.165) is 42.1 Å². The highest BCUT2D eigenvalue weighted by molar-refractivity contribution is 5.89. The fraction of sp³-hybridized carbons (Fsp3) is 0.478. The van der Waals surface area contributed by atoms with Crippen molar-refractivity contribution in [3.63, 3.8) is 0 Å². The number of nitrogens with one attached hydrogen (secondary N) is 2. The van der Waals surface area contributed by atoms with Crippen molar-refractivity contribution in [2.75, 3.05) is 49.6 Å². The molecule has 2 aliphatic rings. The fourth-order valence-corrected chi connectivity index (χ4v) is 4.27. The first-order valence-electron chi connectivity index (χ1n) is 11.3. The molecule has 10 heteroatoms. The lowest BCUT2D eigenvalue weighted by Gasteiger charge is -2.37.